The van der Waals surface area contributed by atoms with Crippen LogP contribution in [0.3, 0.4) is 0 Å². The number of fused-ring (bicyclic) bond motifs is 1. The van der Waals surface area contributed by atoms with Gasteiger partial charge < -0.3 is 14.5 Å². The molecule has 0 amide bonds. The third kappa shape index (κ3) is 3.49. The Morgan fingerprint density at radius 1 is 1.26 bits per heavy atom. The Balaban J connectivity index is 1.95. The van der Waals surface area contributed by atoms with Crippen molar-refractivity contribution in [3.63, 3.8) is 0 Å². The predicted octanol–water partition coefficient (Wildman–Crippen LogP) is 4.89. The fourth-order valence-corrected chi connectivity index (χ4v) is 4.44. The van der Waals surface area contributed by atoms with Crippen LogP contribution in [0.15, 0.2) is 35.3 Å². The van der Waals surface area contributed by atoms with E-state index in [0.29, 0.717) is 0 Å². The SMILES string of the molecule is COc1c([C@H]2[C@H](c3cc(=O)c4cc(C#N)cnc4[nH]3)O[C@@](C)(C(F)(F)F)[C@H]2C)ccc(F)c1F. The summed E-state index contributed by atoms with van der Waals surface area (Å²) < 4.78 is 81.2. The number of methoxy groups -OCH3 is 1. The van der Waals surface area contributed by atoms with Crippen LogP contribution in [0, 0.1) is 28.9 Å². The molecule has 178 valence electrons. The third-order valence-electron chi connectivity index (χ3n) is 6.45. The molecular formula is C23H18F5N3O3. The number of hydrogen-bond donors (Lipinski definition) is 1. The maximum atomic E-state index is 14.5. The van der Waals surface area contributed by atoms with Gasteiger partial charge in [0.1, 0.15) is 17.8 Å². The van der Waals surface area contributed by atoms with E-state index in [1.165, 1.54) is 19.2 Å². The number of rotatable bonds is 3. The number of hydrogen-bond acceptors (Lipinski definition) is 5. The van der Waals surface area contributed by atoms with Crippen molar-refractivity contribution in [2.75, 3.05) is 7.11 Å². The Labute approximate surface area is 189 Å². The first-order valence-corrected chi connectivity index (χ1v) is 10.1. The van der Waals surface area contributed by atoms with Crippen molar-refractivity contribution in [1.29, 1.82) is 5.26 Å². The zero-order chi connectivity index (χ0) is 25.0. The molecule has 0 unspecified atom stereocenters. The molecule has 1 aliphatic rings. The molecule has 0 bridgehead atoms. The minimum Gasteiger partial charge on any atom is -0.493 e. The van der Waals surface area contributed by atoms with Gasteiger partial charge in [-0.3, -0.25) is 4.79 Å². The van der Waals surface area contributed by atoms with E-state index in [1.807, 2.05) is 6.07 Å². The Kier molecular flexibility index (Phi) is 5.60. The van der Waals surface area contributed by atoms with Gasteiger partial charge in [0.25, 0.3) is 0 Å². The van der Waals surface area contributed by atoms with Gasteiger partial charge in [-0.05, 0) is 19.1 Å². The average Bonchev–Trinajstić information content (AvgIpc) is 3.07. The number of alkyl halides is 3. The van der Waals surface area contributed by atoms with Gasteiger partial charge in [-0.1, -0.05) is 13.0 Å². The second-order valence-corrected chi connectivity index (χ2v) is 8.26. The van der Waals surface area contributed by atoms with Gasteiger partial charge in [0.2, 0.25) is 5.82 Å². The van der Waals surface area contributed by atoms with E-state index in [9.17, 15) is 26.7 Å². The molecule has 1 aliphatic heterocycles. The van der Waals surface area contributed by atoms with Crippen LogP contribution in [0.4, 0.5) is 22.0 Å². The molecule has 2 aromatic heterocycles. The highest BCUT2D eigenvalue weighted by Gasteiger charge is 2.65. The van der Waals surface area contributed by atoms with Gasteiger partial charge in [-0.25, -0.2) is 9.37 Å². The Morgan fingerprint density at radius 3 is 2.59 bits per heavy atom. The summed E-state index contributed by atoms with van der Waals surface area (Å²) in [6.45, 7) is 2.16. The molecule has 1 N–H and O–H groups in total. The average molecular weight is 479 g/mol. The van der Waals surface area contributed by atoms with Crippen molar-refractivity contribution >= 4 is 11.0 Å². The molecule has 1 aromatic carbocycles. The molecule has 34 heavy (non-hydrogen) atoms. The second kappa shape index (κ2) is 8.06. The molecule has 4 atom stereocenters. The first-order valence-electron chi connectivity index (χ1n) is 10.1. The van der Waals surface area contributed by atoms with Crippen molar-refractivity contribution in [2.24, 2.45) is 5.92 Å². The van der Waals surface area contributed by atoms with Crippen LogP contribution < -0.4 is 10.2 Å². The Hall–Kier alpha value is -3.52. The number of H-pyrrole nitrogens is 1. The zero-order valence-corrected chi connectivity index (χ0v) is 18.1. The lowest BCUT2D eigenvalue weighted by atomic mass is 9.76. The maximum absolute atomic E-state index is 14.5. The molecule has 1 fully saturated rings. The number of nitrogens with one attached hydrogen (secondary N) is 1. The third-order valence-corrected chi connectivity index (χ3v) is 6.45. The summed E-state index contributed by atoms with van der Waals surface area (Å²) in [7, 11) is 1.08. The largest absolute Gasteiger partial charge is 0.493 e. The molecule has 0 aliphatic carbocycles. The second-order valence-electron chi connectivity index (χ2n) is 8.26. The zero-order valence-electron chi connectivity index (χ0n) is 18.1. The topological polar surface area (TPSA) is 88.0 Å². The molecule has 6 nitrogen and oxygen atoms in total. The molecule has 3 aromatic rings. The fraction of sp³-hybridized carbons (Fsp3) is 0.348. The van der Waals surface area contributed by atoms with Gasteiger partial charge in [-0.2, -0.15) is 22.8 Å². The van der Waals surface area contributed by atoms with E-state index in [4.69, 9.17) is 14.7 Å². The number of halogens is 5. The summed E-state index contributed by atoms with van der Waals surface area (Å²) in [6, 6.07) is 6.17. The molecule has 3 heterocycles. The molecular weight excluding hydrogens is 461 g/mol. The number of aromatic amines is 1. The lowest BCUT2D eigenvalue weighted by Gasteiger charge is -2.32. The molecule has 0 saturated carbocycles. The number of pyridine rings is 2. The van der Waals surface area contributed by atoms with Gasteiger partial charge in [0.15, 0.2) is 22.6 Å². The fourth-order valence-electron chi connectivity index (χ4n) is 4.44. The minimum absolute atomic E-state index is 0.0358. The summed E-state index contributed by atoms with van der Waals surface area (Å²) in [6.07, 6.45) is -5.02. The number of aromatic nitrogens is 2. The van der Waals surface area contributed by atoms with Crippen LogP contribution in [0.25, 0.3) is 11.0 Å². The van der Waals surface area contributed by atoms with E-state index in [2.05, 4.69) is 9.97 Å². The molecule has 0 spiro atoms. The van der Waals surface area contributed by atoms with Gasteiger partial charge >= 0.3 is 6.18 Å². The molecule has 1 saturated heterocycles. The maximum Gasteiger partial charge on any atom is 0.417 e. The Morgan fingerprint density at radius 2 is 1.97 bits per heavy atom. The quantitative estimate of drug-likeness (QED) is 0.541. The van der Waals surface area contributed by atoms with Crippen molar-refractivity contribution in [3.8, 4) is 11.8 Å². The monoisotopic (exact) mass is 479 g/mol. The number of nitrogens with zero attached hydrogens (tertiary/aromatic N) is 2. The first kappa shape index (κ1) is 23.6. The summed E-state index contributed by atoms with van der Waals surface area (Å²) in [5.41, 5.74) is -3.18. The molecule has 4 rings (SSSR count). The van der Waals surface area contributed by atoms with Crippen LogP contribution in [0.5, 0.6) is 5.75 Å². The first-order chi connectivity index (χ1) is 15.9. The van der Waals surface area contributed by atoms with Crippen LogP contribution in [-0.2, 0) is 4.74 Å². The summed E-state index contributed by atoms with van der Waals surface area (Å²) >= 11 is 0. The van der Waals surface area contributed by atoms with E-state index in [1.54, 1.807) is 0 Å². The number of benzene rings is 1. The van der Waals surface area contributed by atoms with Crippen LogP contribution >= 0.6 is 0 Å². The van der Waals surface area contributed by atoms with E-state index < -0.39 is 52.5 Å². The smallest absolute Gasteiger partial charge is 0.417 e. The number of nitriles is 1. The van der Waals surface area contributed by atoms with Crippen molar-refractivity contribution in [2.45, 2.75) is 37.6 Å². The van der Waals surface area contributed by atoms with Crippen molar-refractivity contribution in [1.82, 2.24) is 9.97 Å². The summed E-state index contributed by atoms with van der Waals surface area (Å²) in [5.74, 6) is -5.58. The van der Waals surface area contributed by atoms with Crippen LogP contribution in [0.2, 0.25) is 0 Å². The summed E-state index contributed by atoms with van der Waals surface area (Å²) in [5, 5.41) is 9.10. The highest BCUT2D eigenvalue weighted by molar-refractivity contribution is 5.76. The standard InChI is InChI=1S/C23H18F5N3O3/c1-10-17(12-4-5-14(24)18(25)19(12)33-3)20(34-22(10,2)23(26,27)28)15-7-16(32)13-6-11(8-29)9-30-21(13)31-15/h4-7,9-10,17,20H,1-3H3,(H,30,31,32)/t10-,17-,20-,22+/m0/s1. The van der Waals surface area contributed by atoms with Crippen LogP contribution in [0.1, 0.15) is 42.7 Å². The summed E-state index contributed by atoms with van der Waals surface area (Å²) in [4.78, 5) is 19.6. The Bertz CT molecular complexity index is 1380. The van der Waals surface area contributed by atoms with E-state index >= 15 is 0 Å². The minimum atomic E-state index is -4.82. The highest BCUT2D eigenvalue weighted by Crippen LogP contribution is 2.59. The van der Waals surface area contributed by atoms with Gasteiger partial charge in [-0.15, -0.1) is 0 Å². The molecule has 0 radical (unpaired) electrons. The van der Waals surface area contributed by atoms with E-state index in [-0.39, 0.29) is 27.9 Å². The normalized spacial score (nSPS) is 24.9. The van der Waals surface area contributed by atoms with Crippen molar-refractivity contribution < 1.29 is 31.4 Å². The van der Waals surface area contributed by atoms with Gasteiger partial charge in [0.05, 0.1) is 23.8 Å². The highest BCUT2D eigenvalue weighted by atomic mass is 19.4. The lowest BCUT2D eigenvalue weighted by molar-refractivity contribution is -0.275. The molecule has 11 heteroatoms. The predicted molar refractivity (Wildman–Crippen MR) is 110 cm³/mol. The lowest BCUT2D eigenvalue weighted by Crippen LogP contribution is -2.46. The van der Waals surface area contributed by atoms with Gasteiger partial charge in [0, 0.05) is 29.7 Å². The van der Waals surface area contributed by atoms with Crippen LogP contribution in [-0.4, -0.2) is 28.9 Å². The number of ether oxygens (including phenoxy) is 2. The van der Waals surface area contributed by atoms with E-state index in [0.717, 1.165) is 32.2 Å². The van der Waals surface area contributed by atoms with Crippen molar-refractivity contribution in [3.05, 3.63) is 69.1 Å².